The molecule has 8 nitrogen and oxygen atoms in total. The third-order valence-electron chi connectivity index (χ3n) is 4.03. The van der Waals surface area contributed by atoms with E-state index in [1.807, 2.05) is 0 Å². The van der Waals surface area contributed by atoms with Gasteiger partial charge in [-0.15, -0.1) is 8.78 Å². The van der Waals surface area contributed by atoms with Crippen LogP contribution in [-0.4, -0.2) is 32.0 Å². The number of amides is 1. The highest BCUT2D eigenvalue weighted by Gasteiger charge is 2.43. The summed E-state index contributed by atoms with van der Waals surface area (Å²) >= 11 is 5.94. The van der Waals surface area contributed by atoms with Crippen molar-refractivity contribution < 1.29 is 23.0 Å². The summed E-state index contributed by atoms with van der Waals surface area (Å²) < 4.78 is 36.7. The first-order valence-corrected chi connectivity index (χ1v) is 8.33. The zero-order valence-electron chi connectivity index (χ0n) is 14.5. The Kier molecular flexibility index (Phi) is 4.15. The molecule has 0 unspecified atom stereocenters. The lowest BCUT2D eigenvalue weighted by Gasteiger charge is -2.08. The fourth-order valence-electron chi connectivity index (χ4n) is 2.75. The van der Waals surface area contributed by atoms with Gasteiger partial charge in [0.05, 0.1) is 29.3 Å². The molecule has 1 amide bonds. The van der Waals surface area contributed by atoms with E-state index in [1.165, 1.54) is 35.4 Å². The number of benzene rings is 1. The first-order valence-electron chi connectivity index (χ1n) is 7.95. The van der Waals surface area contributed by atoms with Crippen LogP contribution in [0.2, 0.25) is 5.02 Å². The number of rotatable bonds is 3. The highest BCUT2D eigenvalue weighted by molar-refractivity contribution is 6.34. The second kappa shape index (κ2) is 6.41. The molecule has 0 spiro atoms. The van der Waals surface area contributed by atoms with Crippen molar-refractivity contribution in [2.24, 2.45) is 7.05 Å². The molecule has 1 aliphatic heterocycles. The SMILES string of the molecule is Cc1cc2c(cc1-c1cnc(NC(=O)c3c(Cl)cnn3C)cn1)OC(F)(F)O2. The smallest absolute Gasteiger partial charge is 0.395 e. The van der Waals surface area contributed by atoms with Crippen LogP contribution < -0.4 is 14.8 Å². The fourth-order valence-corrected chi connectivity index (χ4v) is 3.00. The van der Waals surface area contributed by atoms with Gasteiger partial charge in [-0.1, -0.05) is 11.6 Å². The average Bonchev–Trinajstić information content (AvgIpc) is 3.11. The number of fused-ring (bicyclic) bond motifs is 1. The summed E-state index contributed by atoms with van der Waals surface area (Å²) in [6.07, 6.45) is 0.413. The molecule has 144 valence electrons. The van der Waals surface area contributed by atoms with Crippen molar-refractivity contribution in [3.63, 3.8) is 0 Å². The predicted molar refractivity (Wildman–Crippen MR) is 94.6 cm³/mol. The minimum Gasteiger partial charge on any atom is -0.395 e. The summed E-state index contributed by atoms with van der Waals surface area (Å²) in [4.78, 5) is 20.7. The van der Waals surface area contributed by atoms with Gasteiger partial charge in [0.25, 0.3) is 5.91 Å². The summed E-state index contributed by atoms with van der Waals surface area (Å²) in [6.45, 7) is 1.72. The van der Waals surface area contributed by atoms with E-state index in [2.05, 4.69) is 29.9 Å². The molecular formula is C17H12ClF2N5O3. The number of ether oxygens (including phenoxy) is 2. The van der Waals surface area contributed by atoms with E-state index < -0.39 is 12.2 Å². The van der Waals surface area contributed by atoms with Crippen LogP contribution in [0.4, 0.5) is 14.6 Å². The molecule has 0 bridgehead atoms. The average molecular weight is 408 g/mol. The lowest BCUT2D eigenvalue weighted by molar-refractivity contribution is -0.286. The summed E-state index contributed by atoms with van der Waals surface area (Å²) in [5.41, 5.74) is 1.78. The molecule has 1 aromatic carbocycles. The lowest BCUT2D eigenvalue weighted by Crippen LogP contribution is -2.25. The van der Waals surface area contributed by atoms with Crippen LogP contribution in [0.25, 0.3) is 11.3 Å². The first-order chi connectivity index (χ1) is 13.2. The number of nitrogens with zero attached hydrogens (tertiary/aromatic N) is 4. The van der Waals surface area contributed by atoms with Crippen LogP contribution in [-0.2, 0) is 7.05 Å². The van der Waals surface area contributed by atoms with Crippen molar-refractivity contribution in [2.75, 3.05) is 5.32 Å². The monoisotopic (exact) mass is 407 g/mol. The summed E-state index contributed by atoms with van der Waals surface area (Å²) in [7, 11) is 1.58. The van der Waals surface area contributed by atoms with Gasteiger partial charge in [-0.3, -0.25) is 14.5 Å². The van der Waals surface area contributed by atoms with Crippen LogP contribution in [0, 0.1) is 6.92 Å². The van der Waals surface area contributed by atoms with Crippen LogP contribution in [0.3, 0.4) is 0 Å². The Labute approximate surface area is 162 Å². The zero-order valence-corrected chi connectivity index (χ0v) is 15.3. The van der Waals surface area contributed by atoms with Crippen molar-refractivity contribution in [1.29, 1.82) is 0 Å². The Hall–Kier alpha value is -3.27. The van der Waals surface area contributed by atoms with Gasteiger partial charge in [-0.25, -0.2) is 4.98 Å². The number of hydrogen-bond acceptors (Lipinski definition) is 6. The third kappa shape index (κ3) is 3.22. The molecule has 3 aromatic rings. The Morgan fingerprint density at radius 2 is 1.89 bits per heavy atom. The zero-order chi connectivity index (χ0) is 20.1. The van der Waals surface area contributed by atoms with Crippen molar-refractivity contribution in [3.8, 4) is 22.8 Å². The topological polar surface area (TPSA) is 91.2 Å². The molecule has 1 N–H and O–H groups in total. The van der Waals surface area contributed by atoms with E-state index in [4.69, 9.17) is 11.6 Å². The molecular weight excluding hydrogens is 396 g/mol. The standard InChI is InChI=1S/C17H12ClF2N5O3/c1-8-3-12-13(28-17(19,20)27-12)4-9(8)11-6-22-14(7-21-11)24-16(26)15-10(18)5-23-25(15)2/h3-7H,1-2H3,(H,22,24,26). The van der Waals surface area contributed by atoms with Crippen molar-refractivity contribution in [3.05, 3.63) is 47.0 Å². The van der Waals surface area contributed by atoms with Gasteiger partial charge < -0.3 is 14.8 Å². The number of carbonyl (C=O) groups is 1. The molecule has 11 heteroatoms. The number of halogens is 3. The molecule has 0 radical (unpaired) electrons. The molecule has 3 heterocycles. The first kappa shape index (κ1) is 18.1. The quantitative estimate of drug-likeness (QED) is 0.715. The van der Waals surface area contributed by atoms with Crippen LogP contribution >= 0.6 is 11.6 Å². The van der Waals surface area contributed by atoms with Crippen LogP contribution in [0.5, 0.6) is 11.5 Å². The number of carbonyl (C=O) groups excluding carboxylic acids is 1. The number of aromatic nitrogens is 4. The van der Waals surface area contributed by atoms with Gasteiger partial charge >= 0.3 is 6.29 Å². The lowest BCUT2D eigenvalue weighted by atomic mass is 10.1. The molecule has 4 rings (SSSR count). The second-order valence-corrected chi connectivity index (χ2v) is 6.39. The maximum Gasteiger partial charge on any atom is 0.586 e. The predicted octanol–water partition coefficient (Wildman–Crippen LogP) is 3.41. The fraction of sp³-hybridized carbons (Fsp3) is 0.176. The maximum absolute atomic E-state index is 13.2. The largest absolute Gasteiger partial charge is 0.586 e. The van der Waals surface area contributed by atoms with Crippen molar-refractivity contribution in [2.45, 2.75) is 13.2 Å². The van der Waals surface area contributed by atoms with E-state index in [-0.39, 0.29) is 28.0 Å². The van der Waals surface area contributed by atoms with E-state index in [1.54, 1.807) is 14.0 Å². The van der Waals surface area contributed by atoms with E-state index in [9.17, 15) is 13.6 Å². The Morgan fingerprint density at radius 3 is 2.50 bits per heavy atom. The summed E-state index contributed by atoms with van der Waals surface area (Å²) in [5.74, 6) is -0.434. The van der Waals surface area contributed by atoms with Crippen LogP contribution in [0.15, 0.2) is 30.7 Å². The van der Waals surface area contributed by atoms with Gasteiger partial charge in [0, 0.05) is 12.6 Å². The van der Waals surface area contributed by atoms with E-state index in [0.29, 0.717) is 16.8 Å². The number of alkyl halides is 2. The third-order valence-corrected chi connectivity index (χ3v) is 4.30. The van der Waals surface area contributed by atoms with Crippen LogP contribution in [0.1, 0.15) is 16.1 Å². The Bertz CT molecular complexity index is 1070. The van der Waals surface area contributed by atoms with Crippen molar-refractivity contribution >= 4 is 23.3 Å². The second-order valence-electron chi connectivity index (χ2n) is 5.99. The normalized spacial score (nSPS) is 14.2. The highest BCUT2D eigenvalue weighted by atomic mass is 35.5. The van der Waals surface area contributed by atoms with Gasteiger partial charge in [0.15, 0.2) is 17.3 Å². The Morgan fingerprint density at radius 1 is 1.18 bits per heavy atom. The highest BCUT2D eigenvalue weighted by Crippen LogP contribution is 2.44. The van der Waals surface area contributed by atoms with Gasteiger partial charge in [-0.2, -0.15) is 5.10 Å². The minimum absolute atomic E-state index is 0.0452. The van der Waals surface area contributed by atoms with E-state index >= 15 is 0 Å². The molecule has 0 fully saturated rings. The molecule has 1 aliphatic rings. The number of nitrogens with one attached hydrogen (secondary N) is 1. The molecule has 0 aliphatic carbocycles. The van der Waals surface area contributed by atoms with Gasteiger partial charge in [0.1, 0.15) is 5.69 Å². The molecule has 2 aromatic heterocycles. The molecule has 0 atom stereocenters. The molecule has 0 saturated carbocycles. The number of anilines is 1. The number of hydrogen-bond donors (Lipinski definition) is 1. The van der Waals surface area contributed by atoms with Gasteiger partial charge in [0.2, 0.25) is 0 Å². The van der Waals surface area contributed by atoms with Crippen molar-refractivity contribution in [1.82, 2.24) is 19.7 Å². The van der Waals surface area contributed by atoms with E-state index in [0.717, 1.165) is 0 Å². The maximum atomic E-state index is 13.2. The minimum atomic E-state index is -3.69. The Balaban J connectivity index is 1.57. The number of aryl methyl sites for hydroxylation is 2. The summed E-state index contributed by atoms with van der Waals surface area (Å²) in [5, 5.41) is 6.67. The molecule has 0 saturated heterocycles. The summed E-state index contributed by atoms with van der Waals surface area (Å²) in [6, 6.07) is 2.84. The molecule has 28 heavy (non-hydrogen) atoms. The van der Waals surface area contributed by atoms with Gasteiger partial charge in [-0.05, 0) is 24.6 Å².